The normalized spacial score (nSPS) is 30.5. The maximum Gasteiger partial charge on any atom is 0.284 e. The largest absolute Gasteiger partial charge is 0.490 e. The Morgan fingerprint density at radius 3 is 2.90 bits per heavy atom. The van der Waals surface area contributed by atoms with Crippen molar-refractivity contribution in [1.29, 1.82) is 0 Å². The van der Waals surface area contributed by atoms with E-state index in [1.807, 2.05) is 25.1 Å². The molecule has 3 aliphatic rings. The molecule has 0 radical (unpaired) electrons. The first-order valence-corrected chi connectivity index (χ1v) is 16.3. The monoisotopic (exact) mass is 584 g/mol. The first-order chi connectivity index (χ1) is 19.3. The van der Waals surface area contributed by atoms with Crippen LogP contribution in [0.3, 0.4) is 0 Å². The third kappa shape index (κ3) is 6.27. The molecule has 8 heteroatoms. The standard InChI is InChI=1S/C32H41ClN2O4S/c1-4-23-14-16-35-20-32(15-6-8-24-17-26(33)11-12-27(24)32)21-39-30-13-10-25(18-28(30)35)31(36)34-40(37)19-22(2)7-5-9-29(23)38-3/h5,9-13,17-18,22-23,29,40H,4,6-8,14-16,19-21H2,1-3H3/b9-5+/t22-,23+,29-,32-/m0/s1. The van der Waals surface area contributed by atoms with Crippen molar-refractivity contribution in [3.63, 3.8) is 0 Å². The van der Waals surface area contributed by atoms with Gasteiger partial charge in [-0.15, -0.1) is 0 Å². The number of hydrogen-bond donors (Lipinski definition) is 1. The Hall–Kier alpha value is -2.35. The number of ether oxygens (including phenoxy) is 2. The highest BCUT2D eigenvalue weighted by atomic mass is 35.5. The Balaban J connectivity index is 1.58. The molecule has 0 fully saturated rings. The smallest absolute Gasteiger partial charge is 0.284 e. The average Bonchev–Trinajstić information content (AvgIpc) is 3.08. The van der Waals surface area contributed by atoms with Crippen LogP contribution in [0.1, 0.15) is 67.4 Å². The Morgan fingerprint density at radius 1 is 1.25 bits per heavy atom. The second-order valence-corrected chi connectivity index (χ2v) is 13.4. The zero-order valence-electron chi connectivity index (χ0n) is 23.8. The van der Waals surface area contributed by atoms with Gasteiger partial charge in [-0.25, -0.2) is 0 Å². The number of carbonyl (C=O) groups excluding carboxylic acids is 1. The first-order valence-electron chi connectivity index (χ1n) is 14.5. The fourth-order valence-corrected chi connectivity index (χ4v) is 7.90. The van der Waals surface area contributed by atoms with E-state index in [2.05, 4.69) is 40.5 Å². The SMILES string of the molecule is CC[C@@H]1CCN2C[C@@]3(CCCc4cc(Cl)ccc43)COc3ccc(cc32)C(=O)/N=[SH](=O)\C[C@@H](C)C/C=C/[C@@H]1OC. The molecule has 0 saturated heterocycles. The number of allylic oxidation sites excluding steroid dienone is 1. The van der Waals surface area contributed by atoms with Gasteiger partial charge in [-0.1, -0.05) is 50.1 Å². The van der Waals surface area contributed by atoms with Gasteiger partial charge < -0.3 is 14.4 Å². The number of fused-ring (bicyclic) bond motifs is 3. The minimum Gasteiger partial charge on any atom is -0.490 e. The summed E-state index contributed by atoms with van der Waals surface area (Å²) in [6, 6.07) is 11.8. The molecule has 1 aliphatic carbocycles. The van der Waals surface area contributed by atoms with Gasteiger partial charge in [0.25, 0.3) is 5.91 Å². The lowest BCUT2D eigenvalue weighted by Gasteiger charge is -2.41. The molecule has 2 heterocycles. The van der Waals surface area contributed by atoms with E-state index in [0.29, 0.717) is 23.8 Å². The zero-order chi connectivity index (χ0) is 28.3. The number of hydrogen-bond acceptors (Lipinski definition) is 5. The van der Waals surface area contributed by atoms with E-state index < -0.39 is 16.5 Å². The highest BCUT2D eigenvalue weighted by molar-refractivity contribution is 7.75. The van der Waals surface area contributed by atoms with E-state index >= 15 is 0 Å². The predicted octanol–water partition coefficient (Wildman–Crippen LogP) is 6.65. The number of nitrogens with zero attached hydrogens (tertiary/aromatic N) is 2. The molecule has 216 valence electrons. The van der Waals surface area contributed by atoms with Gasteiger partial charge >= 0.3 is 0 Å². The molecule has 5 atom stereocenters. The summed E-state index contributed by atoms with van der Waals surface area (Å²) in [5, 5.41) is 0.766. The molecular weight excluding hydrogens is 544 g/mol. The summed E-state index contributed by atoms with van der Waals surface area (Å²) in [6.07, 6.45) is 10.1. The molecule has 1 spiro atoms. The van der Waals surface area contributed by atoms with Crippen molar-refractivity contribution < 1.29 is 18.5 Å². The minimum absolute atomic E-state index is 0.00525. The van der Waals surface area contributed by atoms with Gasteiger partial charge in [-0.2, -0.15) is 4.36 Å². The van der Waals surface area contributed by atoms with Crippen molar-refractivity contribution in [3.05, 3.63) is 70.3 Å². The van der Waals surface area contributed by atoms with Crippen LogP contribution in [0, 0.1) is 11.8 Å². The molecule has 2 bridgehead atoms. The third-order valence-electron chi connectivity index (χ3n) is 8.85. The van der Waals surface area contributed by atoms with Crippen LogP contribution in [0.2, 0.25) is 5.02 Å². The van der Waals surface area contributed by atoms with Gasteiger partial charge in [-0.05, 0) is 85.4 Å². The van der Waals surface area contributed by atoms with Crippen LogP contribution in [-0.2, 0) is 27.2 Å². The number of halogens is 1. The van der Waals surface area contributed by atoms with Crippen LogP contribution in [0.5, 0.6) is 5.75 Å². The van der Waals surface area contributed by atoms with Crippen LogP contribution in [0.4, 0.5) is 5.69 Å². The summed E-state index contributed by atoms with van der Waals surface area (Å²) in [7, 11) is -0.211. The highest BCUT2D eigenvalue weighted by Gasteiger charge is 2.42. The molecule has 6 nitrogen and oxygen atoms in total. The van der Waals surface area contributed by atoms with E-state index in [1.54, 1.807) is 13.2 Å². The van der Waals surface area contributed by atoms with Gasteiger partial charge in [0, 0.05) is 52.5 Å². The summed E-state index contributed by atoms with van der Waals surface area (Å²) >= 11 is 6.39. The number of rotatable bonds is 2. The van der Waals surface area contributed by atoms with E-state index in [0.717, 1.165) is 68.1 Å². The summed E-state index contributed by atoms with van der Waals surface area (Å²) in [5.74, 6) is 1.21. The molecule has 2 aliphatic heterocycles. The molecule has 1 amide bonds. The van der Waals surface area contributed by atoms with E-state index in [1.165, 1.54) is 11.1 Å². The Labute approximate surface area is 245 Å². The predicted molar refractivity (Wildman–Crippen MR) is 163 cm³/mol. The van der Waals surface area contributed by atoms with Crippen LogP contribution < -0.4 is 9.64 Å². The molecule has 2 aromatic carbocycles. The summed E-state index contributed by atoms with van der Waals surface area (Å²) < 4.78 is 29.4. The van der Waals surface area contributed by atoms with Crippen LogP contribution >= 0.6 is 11.6 Å². The van der Waals surface area contributed by atoms with E-state index in [9.17, 15) is 9.00 Å². The van der Waals surface area contributed by atoms with Crippen molar-refractivity contribution in [2.45, 2.75) is 63.9 Å². The molecule has 0 N–H and O–H groups in total. The van der Waals surface area contributed by atoms with Crippen molar-refractivity contribution in [2.24, 2.45) is 16.2 Å². The molecule has 2 aromatic rings. The lowest BCUT2D eigenvalue weighted by Crippen LogP contribution is -2.46. The summed E-state index contributed by atoms with van der Waals surface area (Å²) in [6.45, 7) is 6.40. The van der Waals surface area contributed by atoms with Crippen molar-refractivity contribution in [2.75, 3.05) is 37.5 Å². The maximum atomic E-state index is 13.1. The van der Waals surface area contributed by atoms with Gasteiger partial charge in [0.2, 0.25) is 0 Å². The van der Waals surface area contributed by atoms with Crippen LogP contribution in [0.15, 0.2) is 52.9 Å². The Kier molecular flexibility index (Phi) is 9.23. The molecule has 0 aromatic heterocycles. The van der Waals surface area contributed by atoms with Gasteiger partial charge in [0.15, 0.2) is 0 Å². The fourth-order valence-electron chi connectivity index (χ4n) is 6.62. The fraction of sp³-hybridized carbons (Fsp3) is 0.531. The van der Waals surface area contributed by atoms with Gasteiger partial charge in [-0.3, -0.25) is 9.00 Å². The molecule has 1 unspecified atom stereocenters. The average molecular weight is 585 g/mol. The van der Waals surface area contributed by atoms with E-state index in [4.69, 9.17) is 21.1 Å². The number of benzene rings is 2. The van der Waals surface area contributed by atoms with Gasteiger partial charge in [0.05, 0.1) is 18.4 Å². The summed E-state index contributed by atoms with van der Waals surface area (Å²) in [5.41, 5.74) is 3.77. The van der Waals surface area contributed by atoms with Crippen molar-refractivity contribution in [1.82, 2.24) is 0 Å². The first kappa shape index (κ1) is 29.2. The molecule has 0 saturated carbocycles. The van der Waals surface area contributed by atoms with Crippen LogP contribution in [-0.4, -0.2) is 48.8 Å². The van der Waals surface area contributed by atoms with Gasteiger partial charge in [0.1, 0.15) is 5.75 Å². The quantitative estimate of drug-likeness (QED) is 0.316. The lowest BCUT2D eigenvalue weighted by molar-refractivity contribution is 0.0839. The second-order valence-electron chi connectivity index (χ2n) is 11.7. The molecule has 5 rings (SSSR count). The Bertz CT molecular complexity index is 1350. The minimum atomic E-state index is -1.99. The number of methoxy groups -OCH3 is 1. The maximum absolute atomic E-state index is 13.1. The topological polar surface area (TPSA) is 68.2 Å². The molecule has 40 heavy (non-hydrogen) atoms. The summed E-state index contributed by atoms with van der Waals surface area (Å²) in [4.78, 5) is 15.5. The van der Waals surface area contributed by atoms with Crippen molar-refractivity contribution >= 4 is 33.8 Å². The Morgan fingerprint density at radius 2 is 2.10 bits per heavy atom. The number of carbonyl (C=O) groups is 1. The number of amides is 1. The lowest BCUT2D eigenvalue weighted by atomic mass is 9.70. The third-order valence-corrected chi connectivity index (χ3v) is 10.4. The zero-order valence-corrected chi connectivity index (χ0v) is 25.4. The second kappa shape index (κ2) is 12.7. The number of thiol groups is 1. The number of aryl methyl sites for hydroxylation is 1. The highest BCUT2D eigenvalue weighted by Crippen LogP contribution is 2.45. The molecular formula is C32H41ClN2O4S. The van der Waals surface area contributed by atoms with Crippen LogP contribution in [0.25, 0.3) is 0 Å². The van der Waals surface area contributed by atoms with Crippen molar-refractivity contribution in [3.8, 4) is 5.75 Å². The van der Waals surface area contributed by atoms with E-state index in [-0.39, 0.29) is 17.4 Å². The number of anilines is 1.